The van der Waals surface area contributed by atoms with E-state index in [1.54, 1.807) is 0 Å². The number of rotatable bonds is 5. The molecule has 270 valence electrons. The van der Waals surface area contributed by atoms with E-state index in [0.717, 1.165) is 94.2 Å². The molecule has 12 aromatic rings. The van der Waals surface area contributed by atoms with Crippen molar-refractivity contribution in [3.05, 3.63) is 200 Å². The van der Waals surface area contributed by atoms with Crippen LogP contribution in [0, 0.1) is 0 Å². The third kappa shape index (κ3) is 5.00. The normalized spacial score (nSPS) is 11.8. The second-order valence-corrected chi connectivity index (χ2v) is 14.8. The molecule has 0 aliphatic rings. The highest BCUT2D eigenvalue weighted by atomic mass is 15.2. The van der Waals surface area contributed by atoms with E-state index < -0.39 is 0 Å². The summed E-state index contributed by atoms with van der Waals surface area (Å²) >= 11 is 0. The molecule has 0 atom stereocenters. The molecule has 0 spiro atoms. The first-order valence-electron chi connectivity index (χ1n) is 19.6. The van der Waals surface area contributed by atoms with Crippen LogP contribution in [0.2, 0.25) is 0 Å². The smallest absolute Gasteiger partial charge is 0.235 e. The largest absolute Gasteiger partial charge is 0.292 e. The van der Waals surface area contributed by atoms with E-state index in [9.17, 15) is 0 Å². The van der Waals surface area contributed by atoms with Gasteiger partial charge < -0.3 is 0 Å². The van der Waals surface area contributed by atoms with Crippen LogP contribution in [-0.2, 0) is 0 Å². The number of nitrogens with zero attached hydrogens (tertiary/aromatic N) is 5. The van der Waals surface area contributed by atoms with Crippen LogP contribution in [0.1, 0.15) is 0 Å². The van der Waals surface area contributed by atoms with Gasteiger partial charge in [-0.15, -0.1) is 0 Å². The number of aromatic nitrogens is 5. The lowest BCUT2D eigenvalue weighted by atomic mass is 9.99. The minimum atomic E-state index is 0.616. The second kappa shape index (κ2) is 12.8. The van der Waals surface area contributed by atoms with E-state index in [0.29, 0.717) is 5.95 Å². The third-order valence-corrected chi connectivity index (χ3v) is 11.5. The summed E-state index contributed by atoms with van der Waals surface area (Å²) in [5.41, 5.74) is 14.6. The van der Waals surface area contributed by atoms with Crippen molar-refractivity contribution in [3.63, 3.8) is 0 Å². The molecule has 5 heteroatoms. The van der Waals surface area contributed by atoms with Crippen molar-refractivity contribution in [3.8, 4) is 50.7 Å². The van der Waals surface area contributed by atoms with E-state index in [2.05, 4.69) is 209 Å². The predicted octanol–water partition coefficient (Wildman–Crippen LogP) is 13.3. The molecule has 4 aromatic heterocycles. The van der Waals surface area contributed by atoms with Gasteiger partial charge >= 0.3 is 0 Å². The summed E-state index contributed by atoms with van der Waals surface area (Å²) in [5.74, 6) is 0.616. The standard InChI is InChI=1S/C53H33N5/c1-3-15-34(16-4-1)36-19-13-21-38(31-36)44-33-45(39-22-14-20-37(32-39)35-17-5-2-6-18-35)56-53(55-44)58-47-27-11-8-24-41(47)51-49(58)30-29-42-50(51)40-23-7-10-26-46(40)57-48-28-12-9-25-43(48)54-52(42)57/h1-33H. The summed E-state index contributed by atoms with van der Waals surface area (Å²) < 4.78 is 4.56. The molecule has 0 unspecified atom stereocenters. The van der Waals surface area contributed by atoms with Crippen LogP contribution in [0.15, 0.2) is 200 Å². The molecule has 0 saturated carbocycles. The molecule has 58 heavy (non-hydrogen) atoms. The minimum Gasteiger partial charge on any atom is -0.292 e. The van der Waals surface area contributed by atoms with Crippen LogP contribution in [0.3, 0.4) is 0 Å². The van der Waals surface area contributed by atoms with E-state index >= 15 is 0 Å². The quantitative estimate of drug-likeness (QED) is 0.165. The van der Waals surface area contributed by atoms with Crippen molar-refractivity contribution in [1.82, 2.24) is 23.9 Å². The molecule has 0 N–H and O–H groups in total. The number of hydrogen-bond donors (Lipinski definition) is 0. The van der Waals surface area contributed by atoms with Gasteiger partial charge in [0.2, 0.25) is 5.95 Å². The summed E-state index contributed by atoms with van der Waals surface area (Å²) in [6.45, 7) is 0. The molecule has 8 aromatic carbocycles. The number of hydrogen-bond acceptors (Lipinski definition) is 3. The van der Waals surface area contributed by atoms with Gasteiger partial charge in [0, 0.05) is 38.1 Å². The summed E-state index contributed by atoms with van der Waals surface area (Å²) in [6, 6.07) is 70.7. The SMILES string of the molecule is c1ccc(-c2cccc(-c3cc(-c4cccc(-c5ccccc5)c4)nc(-n4c5ccccc5c5c6c7ccccc7n7c8ccccc8nc7c6ccc54)n3)c2)cc1. The first-order chi connectivity index (χ1) is 28.8. The van der Waals surface area contributed by atoms with Gasteiger partial charge in [0.15, 0.2) is 0 Å². The van der Waals surface area contributed by atoms with Crippen molar-refractivity contribution in [2.24, 2.45) is 0 Å². The Morgan fingerprint density at radius 2 is 0.828 bits per heavy atom. The van der Waals surface area contributed by atoms with Crippen LogP contribution >= 0.6 is 0 Å². The van der Waals surface area contributed by atoms with E-state index in [1.165, 1.54) is 10.8 Å². The van der Waals surface area contributed by atoms with Gasteiger partial charge in [-0.2, -0.15) is 0 Å². The number of para-hydroxylation sites is 4. The van der Waals surface area contributed by atoms with Crippen LogP contribution in [0.4, 0.5) is 0 Å². The fraction of sp³-hybridized carbons (Fsp3) is 0. The topological polar surface area (TPSA) is 48.0 Å². The molecule has 0 radical (unpaired) electrons. The Labute approximate surface area is 333 Å². The van der Waals surface area contributed by atoms with Crippen LogP contribution in [0.25, 0.3) is 111 Å². The van der Waals surface area contributed by atoms with Gasteiger partial charge in [0.1, 0.15) is 5.65 Å². The van der Waals surface area contributed by atoms with Gasteiger partial charge in [0.05, 0.1) is 39.0 Å². The molecule has 0 amide bonds. The molecular formula is C53H33N5. The Bertz CT molecular complexity index is 3460. The van der Waals surface area contributed by atoms with Crippen LogP contribution < -0.4 is 0 Å². The minimum absolute atomic E-state index is 0.616. The maximum absolute atomic E-state index is 5.44. The molecule has 0 saturated heterocycles. The van der Waals surface area contributed by atoms with E-state index in [4.69, 9.17) is 15.0 Å². The first kappa shape index (κ1) is 32.4. The van der Waals surface area contributed by atoms with Gasteiger partial charge in [-0.1, -0.05) is 146 Å². The number of imidazole rings is 1. The monoisotopic (exact) mass is 739 g/mol. The lowest BCUT2D eigenvalue weighted by Crippen LogP contribution is -2.04. The Morgan fingerprint density at radius 1 is 0.310 bits per heavy atom. The number of fused-ring (bicyclic) bond motifs is 12. The molecule has 4 heterocycles. The van der Waals surface area contributed by atoms with Gasteiger partial charge in [-0.05, 0) is 76.9 Å². The number of benzene rings is 8. The molecular weight excluding hydrogens is 707 g/mol. The highest BCUT2D eigenvalue weighted by Crippen LogP contribution is 2.42. The molecule has 0 fully saturated rings. The predicted molar refractivity (Wildman–Crippen MR) is 239 cm³/mol. The summed E-state index contributed by atoms with van der Waals surface area (Å²) in [4.78, 5) is 16.1. The summed E-state index contributed by atoms with van der Waals surface area (Å²) in [7, 11) is 0. The summed E-state index contributed by atoms with van der Waals surface area (Å²) in [6.07, 6.45) is 0. The average molecular weight is 740 g/mol. The zero-order valence-corrected chi connectivity index (χ0v) is 31.3. The molecule has 0 bridgehead atoms. The maximum atomic E-state index is 5.44. The van der Waals surface area contributed by atoms with Crippen molar-refractivity contribution in [1.29, 1.82) is 0 Å². The van der Waals surface area contributed by atoms with Crippen molar-refractivity contribution in [2.75, 3.05) is 0 Å². The Morgan fingerprint density at radius 3 is 1.48 bits per heavy atom. The maximum Gasteiger partial charge on any atom is 0.235 e. The fourth-order valence-corrected chi connectivity index (χ4v) is 8.88. The third-order valence-electron chi connectivity index (χ3n) is 11.5. The Balaban J connectivity index is 1.16. The average Bonchev–Trinajstić information content (AvgIpc) is 3.86. The van der Waals surface area contributed by atoms with E-state index in [1.807, 2.05) is 0 Å². The van der Waals surface area contributed by atoms with Gasteiger partial charge in [-0.25, -0.2) is 15.0 Å². The van der Waals surface area contributed by atoms with Crippen molar-refractivity contribution >= 4 is 60.2 Å². The lowest BCUT2D eigenvalue weighted by Gasteiger charge is -2.14. The second-order valence-electron chi connectivity index (χ2n) is 14.8. The fourth-order valence-electron chi connectivity index (χ4n) is 8.88. The molecule has 12 rings (SSSR count). The summed E-state index contributed by atoms with van der Waals surface area (Å²) in [5, 5.41) is 5.75. The van der Waals surface area contributed by atoms with Gasteiger partial charge in [0.25, 0.3) is 0 Å². The Hall–Kier alpha value is -7.89. The van der Waals surface area contributed by atoms with Gasteiger partial charge in [-0.3, -0.25) is 8.97 Å². The van der Waals surface area contributed by atoms with Crippen LogP contribution in [-0.4, -0.2) is 23.9 Å². The molecule has 5 nitrogen and oxygen atoms in total. The zero-order chi connectivity index (χ0) is 38.2. The van der Waals surface area contributed by atoms with E-state index in [-0.39, 0.29) is 0 Å². The Kier molecular flexibility index (Phi) is 7.16. The zero-order valence-electron chi connectivity index (χ0n) is 31.3. The molecule has 0 aliphatic carbocycles. The highest BCUT2D eigenvalue weighted by Gasteiger charge is 2.22. The van der Waals surface area contributed by atoms with Crippen molar-refractivity contribution < 1.29 is 0 Å². The first-order valence-corrected chi connectivity index (χ1v) is 19.6. The molecule has 0 aliphatic heterocycles. The van der Waals surface area contributed by atoms with Crippen molar-refractivity contribution in [2.45, 2.75) is 0 Å². The van der Waals surface area contributed by atoms with Crippen LogP contribution in [0.5, 0.6) is 0 Å². The number of pyridine rings is 1. The highest BCUT2D eigenvalue weighted by molar-refractivity contribution is 6.30. The lowest BCUT2D eigenvalue weighted by molar-refractivity contribution is 0.996.